The largest absolute Gasteiger partial charge is 0.331 e. The highest BCUT2D eigenvalue weighted by molar-refractivity contribution is 5.73. The van der Waals surface area contributed by atoms with E-state index in [0.29, 0.717) is 6.04 Å². The van der Waals surface area contributed by atoms with Crippen LogP contribution in [0.4, 0.5) is 4.79 Å². The Balaban J connectivity index is 2.39. The van der Waals surface area contributed by atoms with Crippen molar-refractivity contribution in [1.82, 2.24) is 9.80 Å². The minimum atomic E-state index is 0.120. The maximum Gasteiger partial charge on any atom is 0.319 e. The van der Waals surface area contributed by atoms with Crippen molar-refractivity contribution in [2.75, 3.05) is 21.1 Å². The number of nitrogens with zero attached hydrogens (tertiary/aromatic N) is 2. The Bertz CT molecular complexity index is 152. The van der Waals surface area contributed by atoms with Crippen LogP contribution >= 0.6 is 0 Å². The smallest absolute Gasteiger partial charge is 0.319 e. The van der Waals surface area contributed by atoms with E-state index < -0.39 is 0 Å². The summed E-state index contributed by atoms with van der Waals surface area (Å²) in [5.74, 6) is 0. The lowest BCUT2D eigenvalue weighted by molar-refractivity contribution is 0.136. The maximum absolute atomic E-state index is 11.3. The summed E-state index contributed by atoms with van der Waals surface area (Å²) in [5, 5.41) is 0. The van der Waals surface area contributed by atoms with Gasteiger partial charge in [-0.05, 0) is 19.3 Å². The molecular weight excluding hydrogens is 140 g/mol. The lowest BCUT2D eigenvalue weighted by Crippen LogP contribution is -2.45. The van der Waals surface area contributed by atoms with Gasteiger partial charge in [-0.15, -0.1) is 0 Å². The molecule has 3 nitrogen and oxygen atoms in total. The Morgan fingerprint density at radius 3 is 2.09 bits per heavy atom. The van der Waals surface area contributed by atoms with Crippen LogP contribution in [0.3, 0.4) is 0 Å². The topological polar surface area (TPSA) is 23.6 Å². The highest BCUT2D eigenvalue weighted by Gasteiger charge is 2.26. The standard InChI is InChI=1S/C8H16N2O/c1-9(2)8(11)10(3)7-5-4-6-7/h7H,4-6H2,1-3H3. The van der Waals surface area contributed by atoms with Crippen LogP contribution < -0.4 is 0 Å². The van der Waals surface area contributed by atoms with E-state index in [1.807, 2.05) is 11.9 Å². The normalized spacial score (nSPS) is 17.4. The molecule has 1 fully saturated rings. The van der Waals surface area contributed by atoms with E-state index in [1.54, 1.807) is 19.0 Å². The van der Waals surface area contributed by atoms with Gasteiger partial charge in [0.1, 0.15) is 0 Å². The lowest BCUT2D eigenvalue weighted by Gasteiger charge is -2.36. The third-order valence-electron chi connectivity index (χ3n) is 2.31. The molecule has 0 radical (unpaired) electrons. The SMILES string of the molecule is CN(C)C(=O)N(C)C1CCC1. The first kappa shape index (κ1) is 8.37. The molecule has 64 valence electrons. The van der Waals surface area contributed by atoms with Gasteiger partial charge in [0.2, 0.25) is 0 Å². The predicted octanol–water partition coefficient (Wildman–Crippen LogP) is 1.15. The maximum atomic E-state index is 11.3. The van der Waals surface area contributed by atoms with E-state index in [9.17, 15) is 4.79 Å². The van der Waals surface area contributed by atoms with Gasteiger partial charge in [0.15, 0.2) is 0 Å². The van der Waals surface area contributed by atoms with Gasteiger partial charge >= 0.3 is 6.03 Å². The first-order chi connectivity index (χ1) is 5.13. The van der Waals surface area contributed by atoms with Gasteiger partial charge < -0.3 is 9.80 Å². The van der Waals surface area contributed by atoms with Gasteiger partial charge in [-0.25, -0.2) is 4.79 Å². The van der Waals surface area contributed by atoms with Crippen molar-refractivity contribution in [3.8, 4) is 0 Å². The molecule has 0 saturated heterocycles. The summed E-state index contributed by atoms with van der Waals surface area (Å²) in [6, 6.07) is 0.625. The molecule has 3 heteroatoms. The molecule has 0 aromatic carbocycles. The molecule has 1 aliphatic rings. The molecule has 1 rings (SSSR count). The lowest BCUT2D eigenvalue weighted by atomic mass is 9.92. The molecule has 1 saturated carbocycles. The van der Waals surface area contributed by atoms with Crippen molar-refractivity contribution in [1.29, 1.82) is 0 Å². The zero-order valence-electron chi connectivity index (χ0n) is 7.50. The van der Waals surface area contributed by atoms with Crippen LogP contribution in [0.25, 0.3) is 0 Å². The van der Waals surface area contributed by atoms with E-state index >= 15 is 0 Å². The molecule has 0 bridgehead atoms. The summed E-state index contributed by atoms with van der Waals surface area (Å²) in [4.78, 5) is 14.8. The van der Waals surface area contributed by atoms with E-state index in [1.165, 1.54) is 19.3 Å². The van der Waals surface area contributed by atoms with Crippen molar-refractivity contribution in [3.05, 3.63) is 0 Å². The Labute approximate surface area is 68.0 Å². The average molecular weight is 156 g/mol. The Morgan fingerprint density at radius 1 is 1.27 bits per heavy atom. The minimum Gasteiger partial charge on any atom is -0.331 e. The number of rotatable bonds is 1. The van der Waals surface area contributed by atoms with E-state index in [0.717, 1.165) is 0 Å². The van der Waals surface area contributed by atoms with Crippen LogP contribution in [-0.2, 0) is 0 Å². The van der Waals surface area contributed by atoms with Crippen molar-refractivity contribution in [2.45, 2.75) is 25.3 Å². The summed E-state index contributed by atoms with van der Waals surface area (Å²) in [7, 11) is 5.46. The molecule has 0 aromatic heterocycles. The summed E-state index contributed by atoms with van der Waals surface area (Å²) in [5.41, 5.74) is 0. The quantitative estimate of drug-likeness (QED) is 0.558. The fourth-order valence-electron chi connectivity index (χ4n) is 1.25. The van der Waals surface area contributed by atoms with E-state index in [-0.39, 0.29) is 6.03 Å². The molecule has 0 aliphatic heterocycles. The fraction of sp³-hybridized carbons (Fsp3) is 0.875. The van der Waals surface area contributed by atoms with Crippen LogP contribution in [0.1, 0.15) is 19.3 Å². The molecule has 0 unspecified atom stereocenters. The van der Waals surface area contributed by atoms with Crippen LogP contribution in [0.2, 0.25) is 0 Å². The van der Waals surface area contributed by atoms with Gasteiger partial charge in [0.05, 0.1) is 0 Å². The van der Waals surface area contributed by atoms with E-state index in [2.05, 4.69) is 0 Å². The summed E-state index contributed by atoms with van der Waals surface area (Å²) in [6.45, 7) is 0. The number of hydrogen-bond acceptors (Lipinski definition) is 1. The molecule has 0 aromatic rings. The molecule has 0 N–H and O–H groups in total. The summed E-state index contributed by atoms with van der Waals surface area (Å²) < 4.78 is 0. The molecule has 1 aliphatic carbocycles. The number of carbonyl (C=O) groups is 1. The predicted molar refractivity (Wildman–Crippen MR) is 44.5 cm³/mol. The molecule has 0 heterocycles. The fourth-order valence-corrected chi connectivity index (χ4v) is 1.25. The summed E-state index contributed by atoms with van der Waals surface area (Å²) in [6.07, 6.45) is 3.63. The second-order valence-electron chi connectivity index (χ2n) is 3.37. The van der Waals surface area contributed by atoms with Crippen molar-refractivity contribution in [2.24, 2.45) is 0 Å². The van der Waals surface area contributed by atoms with Crippen LogP contribution in [-0.4, -0.2) is 43.0 Å². The first-order valence-corrected chi connectivity index (χ1v) is 4.07. The number of carbonyl (C=O) groups excluding carboxylic acids is 1. The molecule has 0 atom stereocenters. The van der Waals surface area contributed by atoms with Gasteiger partial charge in [-0.1, -0.05) is 0 Å². The third-order valence-corrected chi connectivity index (χ3v) is 2.31. The Hall–Kier alpha value is -0.730. The van der Waals surface area contributed by atoms with Gasteiger partial charge in [0, 0.05) is 27.2 Å². The van der Waals surface area contributed by atoms with Gasteiger partial charge in [-0.2, -0.15) is 0 Å². The Kier molecular flexibility index (Phi) is 2.37. The summed E-state index contributed by atoms with van der Waals surface area (Å²) >= 11 is 0. The second-order valence-corrected chi connectivity index (χ2v) is 3.37. The third kappa shape index (κ3) is 1.64. The number of urea groups is 1. The average Bonchev–Trinajstić information content (AvgIpc) is 1.82. The minimum absolute atomic E-state index is 0.120. The van der Waals surface area contributed by atoms with Crippen LogP contribution in [0.15, 0.2) is 0 Å². The van der Waals surface area contributed by atoms with Gasteiger partial charge in [-0.3, -0.25) is 0 Å². The molecule has 0 spiro atoms. The Morgan fingerprint density at radius 2 is 1.82 bits per heavy atom. The monoisotopic (exact) mass is 156 g/mol. The van der Waals surface area contributed by atoms with E-state index in [4.69, 9.17) is 0 Å². The molecule has 11 heavy (non-hydrogen) atoms. The zero-order chi connectivity index (χ0) is 8.43. The van der Waals surface area contributed by atoms with Crippen molar-refractivity contribution < 1.29 is 4.79 Å². The van der Waals surface area contributed by atoms with Crippen LogP contribution in [0.5, 0.6) is 0 Å². The number of hydrogen-bond donors (Lipinski definition) is 0. The first-order valence-electron chi connectivity index (χ1n) is 4.07. The van der Waals surface area contributed by atoms with Crippen molar-refractivity contribution >= 4 is 6.03 Å². The second kappa shape index (κ2) is 3.11. The molecule has 2 amide bonds. The van der Waals surface area contributed by atoms with Gasteiger partial charge in [0.25, 0.3) is 0 Å². The molecular formula is C8H16N2O. The van der Waals surface area contributed by atoms with Crippen molar-refractivity contribution in [3.63, 3.8) is 0 Å². The zero-order valence-corrected chi connectivity index (χ0v) is 7.50. The highest BCUT2D eigenvalue weighted by Crippen LogP contribution is 2.23. The number of amides is 2. The van der Waals surface area contributed by atoms with Crippen LogP contribution in [0, 0.1) is 0 Å². The highest BCUT2D eigenvalue weighted by atomic mass is 16.2.